The van der Waals surface area contributed by atoms with E-state index >= 15 is 0 Å². The van der Waals surface area contributed by atoms with Crippen molar-refractivity contribution in [3.8, 4) is 0 Å². The van der Waals surface area contributed by atoms with Gasteiger partial charge in [0.2, 0.25) is 0 Å². The van der Waals surface area contributed by atoms with Gasteiger partial charge in [0, 0.05) is 36.1 Å². The first kappa shape index (κ1) is 10.1. The molecule has 0 atom stereocenters. The van der Waals surface area contributed by atoms with Crippen LogP contribution in [0, 0.1) is 0 Å². The molecule has 2 aromatic rings. The zero-order chi connectivity index (χ0) is 11.1. The fraction of sp³-hybridized carbons (Fsp3) is 0.385. The second kappa shape index (κ2) is 3.30. The molecule has 1 aromatic carbocycles. The Bertz CT molecular complexity index is 475. The number of aromatic nitrogens is 1. The second-order valence-corrected chi connectivity index (χ2v) is 5.14. The number of aryl methyl sites for hydroxylation is 1. The van der Waals surface area contributed by atoms with Gasteiger partial charge < -0.3 is 9.88 Å². The van der Waals surface area contributed by atoms with Crippen LogP contribution in [0.25, 0.3) is 10.8 Å². The van der Waals surface area contributed by atoms with Gasteiger partial charge in [0.1, 0.15) is 0 Å². The number of hydrogen-bond acceptors (Lipinski definition) is 1. The Kier molecular flexibility index (Phi) is 2.22. The van der Waals surface area contributed by atoms with E-state index in [1.54, 1.807) is 0 Å². The summed E-state index contributed by atoms with van der Waals surface area (Å²) < 4.78 is 2.09. The Morgan fingerprint density at radius 2 is 1.73 bits per heavy atom. The molecule has 0 aliphatic heterocycles. The summed E-state index contributed by atoms with van der Waals surface area (Å²) in [6.07, 6.45) is 4.28. The average molecular weight is 202 g/mol. The van der Waals surface area contributed by atoms with Crippen molar-refractivity contribution < 1.29 is 0 Å². The second-order valence-electron chi connectivity index (χ2n) is 5.14. The van der Waals surface area contributed by atoms with Crippen LogP contribution in [0.5, 0.6) is 0 Å². The van der Waals surface area contributed by atoms with E-state index in [0.717, 1.165) is 0 Å². The van der Waals surface area contributed by atoms with E-state index in [1.807, 2.05) is 0 Å². The number of rotatable bonds is 1. The molecule has 0 aliphatic rings. The molecule has 0 spiro atoms. The van der Waals surface area contributed by atoms with Crippen LogP contribution in [0.4, 0.5) is 5.69 Å². The van der Waals surface area contributed by atoms with Crippen molar-refractivity contribution in [1.82, 2.24) is 4.57 Å². The molecule has 0 saturated carbocycles. The van der Waals surface area contributed by atoms with Crippen molar-refractivity contribution in [2.45, 2.75) is 26.3 Å². The highest BCUT2D eigenvalue weighted by Crippen LogP contribution is 2.22. The molecule has 1 aromatic heterocycles. The molecule has 2 rings (SSSR count). The molecule has 0 bridgehead atoms. The van der Waals surface area contributed by atoms with Crippen molar-refractivity contribution in [3.05, 3.63) is 30.6 Å². The van der Waals surface area contributed by atoms with E-state index < -0.39 is 0 Å². The third-order valence-corrected chi connectivity index (χ3v) is 2.29. The van der Waals surface area contributed by atoms with Crippen LogP contribution in [-0.4, -0.2) is 10.1 Å². The Labute approximate surface area is 90.9 Å². The first-order valence-corrected chi connectivity index (χ1v) is 5.28. The minimum atomic E-state index is 0.114. The quantitative estimate of drug-likeness (QED) is 0.750. The van der Waals surface area contributed by atoms with Gasteiger partial charge in [-0.3, -0.25) is 0 Å². The molecule has 0 saturated heterocycles. The third kappa shape index (κ3) is 2.32. The monoisotopic (exact) mass is 202 g/mol. The molecule has 2 nitrogen and oxygen atoms in total. The number of hydrogen-bond donors (Lipinski definition) is 1. The maximum absolute atomic E-state index is 3.47. The van der Waals surface area contributed by atoms with Crippen LogP contribution in [0.15, 0.2) is 30.6 Å². The molecule has 1 heterocycles. The molecule has 0 unspecified atom stereocenters. The number of benzene rings is 1. The normalized spacial score (nSPS) is 12.0. The molecule has 0 fully saturated rings. The van der Waals surface area contributed by atoms with E-state index in [1.165, 1.54) is 16.5 Å². The summed E-state index contributed by atoms with van der Waals surface area (Å²) in [7, 11) is 2.05. The maximum atomic E-state index is 3.47. The van der Waals surface area contributed by atoms with Gasteiger partial charge in [-0.2, -0.15) is 0 Å². The lowest BCUT2D eigenvalue weighted by Gasteiger charge is -2.22. The van der Waals surface area contributed by atoms with Crippen LogP contribution < -0.4 is 5.32 Å². The molecule has 0 amide bonds. The minimum Gasteiger partial charge on any atom is -0.380 e. The fourth-order valence-electron chi connectivity index (χ4n) is 1.79. The Morgan fingerprint density at radius 1 is 1.07 bits per heavy atom. The Hall–Kier alpha value is -1.44. The van der Waals surface area contributed by atoms with Gasteiger partial charge in [0.05, 0.1) is 0 Å². The van der Waals surface area contributed by atoms with Crippen LogP contribution in [0.1, 0.15) is 20.8 Å². The Balaban J connectivity index is 2.38. The average Bonchev–Trinajstić information content (AvgIpc) is 2.40. The van der Waals surface area contributed by atoms with E-state index in [0.29, 0.717) is 0 Å². The highest BCUT2D eigenvalue weighted by atomic mass is 14.9. The highest BCUT2D eigenvalue weighted by Gasteiger charge is 2.09. The molecule has 0 radical (unpaired) electrons. The summed E-state index contributed by atoms with van der Waals surface area (Å²) in [5.74, 6) is 0. The minimum absolute atomic E-state index is 0.114. The molecular formula is C13H18N2. The van der Waals surface area contributed by atoms with E-state index in [2.05, 4.69) is 68.3 Å². The summed E-state index contributed by atoms with van der Waals surface area (Å²) in [5, 5.41) is 6.05. The van der Waals surface area contributed by atoms with Crippen molar-refractivity contribution in [2.75, 3.05) is 5.32 Å². The molecule has 15 heavy (non-hydrogen) atoms. The highest BCUT2D eigenvalue weighted by molar-refractivity contribution is 5.85. The smallest absolute Gasteiger partial charge is 0.0351 e. The number of nitrogens with one attached hydrogen (secondary N) is 1. The van der Waals surface area contributed by atoms with Gasteiger partial charge in [-0.15, -0.1) is 0 Å². The molecular weight excluding hydrogens is 184 g/mol. The van der Waals surface area contributed by atoms with E-state index in [4.69, 9.17) is 0 Å². The summed E-state index contributed by atoms with van der Waals surface area (Å²) in [6, 6.07) is 6.48. The van der Waals surface area contributed by atoms with Crippen molar-refractivity contribution in [1.29, 1.82) is 0 Å². The predicted octanol–water partition coefficient (Wildman–Crippen LogP) is 3.39. The van der Waals surface area contributed by atoms with Gasteiger partial charge in [-0.25, -0.2) is 0 Å². The van der Waals surface area contributed by atoms with Crippen molar-refractivity contribution >= 4 is 16.5 Å². The molecule has 0 aliphatic carbocycles. The number of anilines is 1. The summed E-state index contributed by atoms with van der Waals surface area (Å²) in [5.41, 5.74) is 1.30. The topological polar surface area (TPSA) is 17.0 Å². The van der Waals surface area contributed by atoms with Gasteiger partial charge in [0.15, 0.2) is 0 Å². The first-order valence-electron chi connectivity index (χ1n) is 5.28. The zero-order valence-electron chi connectivity index (χ0n) is 9.83. The van der Waals surface area contributed by atoms with Gasteiger partial charge in [-0.1, -0.05) is 6.07 Å². The van der Waals surface area contributed by atoms with Gasteiger partial charge >= 0.3 is 0 Å². The molecule has 1 N–H and O–H groups in total. The Morgan fingerprint density at radius 3 is 2.40 bits per heavy atom. The largest absolute Gasteiger partial charge is 0.380 e. The van der Waals surface area contributed by atoms with Crippen molar-refractivity contribution in [3.63, 3.8) is 0 Å². The fourth-order valence-corrected chi connectivity index (χ4v) is 1.79. The van der Waals surface area contributed by atoms with E-state index in [9.17, 15) is 0 Å². The van der Waals surface area contributed by atoms with Crippen LogP contribution in [-0.2, 0) is 7.05 Å². The summed E-state index contributed by atoms with van der Waals surface area (Å²) in [6.45, 7) is 6.51. The lowest BCUT2D eigenvalue weighted by molar-refractivity contribution is 0.634. The van der Waals surface area contributed by atoms with Gasteiger partial charge in [0.25, 0.3) is 0 Å². The molecule has 2 heteroatoms. The van der Waals surface area contributed by atoms with Gasteiger partial charge in [-0.05, 0) is 38.3 Å². The summed E-state index contributed by atoms with van der Waals surface area (Å²) >= 11 is 0. The molecule has 80 valence electrons. The third-order valence-electron chi connectivity index (χ3n) is 2.29. The van der Waals surface area contributed by atoms with Crippen LogP contribution in [0.2, 0.25) is 0 Å². The lowest BCUT2D eigenvalue weighted by atomic mass is 10.1. The maximum Gasteiger partial charge on any atom is 0.0351 e. The van der Waals surface area contributed by atoms with Crippen molar-refractivity contribution in [2.24, 2.45) is 7.05 Å². The first-order chi connectivity index (χ1) is 6.94. The lowest BCUT2D eigenvalue weighted by Crippen LogP contribution is -2.25. The standard InChI is InChI=1S/C13H18N2/c1-13(2,3)14-12-6-5-10-8-15(4)9-11(10)7-12/h5-9,14H,1-4H3. The number of fused-ring (bicyclic) bond motifs is 1. The number of nitrogens with zero attached hydrogens (tertiary/aromatic N) is 1. The van der Waals surface area contributed by atoms with Crippen LogP contribution in [0.3, 0.4) is 0 Å². The van der Waals surface area contributed by atoms with E-state index in [-0.39, 0.29) is 5.54 Å². The zero-order valence-corrected chi connectivity index (χ0v) is 9.83. The summed E-state index contributed by atoms with van der Waals surface area (Å²) in [4.78, 5) is 0. The van der Waals surface area contributed by atoms with Crippen LogP contribution >= 0.6 is 0 Å². The SMILES string of the molecule is Cn1cc2ccc(NC(C)(C)C)cc2c1. The predicted molar refractivity (Wildman–Crippen MR) is 66.3 cm³/mol.